The first kappa shape index (κ1) is 10.7. The van der Waals surface area contributed by atoms with Gasteiger partial charge in [-0.15, -0.1) is 0 Å². The Bertz CT molecular complexity index is 772. The fourth-order valence-corrected chi connectivity index (χ4v) is 2.33. The first-order chi connectivity index (χ1) is 8.83. The largest absolute Gasteiger partial charge is 0.298 e. The van der Waals surface area contributed by atoms with Crippen molar-refractivity contribution < 1.29 is 9.59 Å². The molecular weight excluding hydrogens is 224 g/mol. The minimum absolute atomic E-state index is 0.529. The quantitative estimate of drug-likeness (QED) is 0.501. The molecule has 0 N–H and O–H groups in total. The van der Waals surface area contributed by atoms with Crippen LogP contribution in [0.5, 0.6) is 0 Å². The Labute approximate surface area is 104 Å². The van der Waals surface area contributed by atoms with E-state index in [0.29, 0.717) is 11.1 Å². The molecule has 0 saturated carbocycles. The lowest BCUT2D eigenvalue weighted by Gasteiger charge is -2.06. The van der Waals surface area contributed by atoms with E-state index in [1.807, 2.05) is 42.5 Å². The number of aldehydes is 2. The fourth-order valence-electron chi connectivity index (χ4n) is 2.33. The van der Waals surface area contributed by atoms with Gasteiger partial charge in [0.25, 0.3) is 0 Å². The fraction of sp³-hybridized carbons (Fsp3) is 0. The van der Waals surface area contributed by atoms with E-state index in [1.54, 1.807) is 6.07 Å². The number of hydrogen-bond donors (Lipinski definition) is 0. The molecule has 0 saturated heterocycles. The first-order valence-corrected chi connectivity index (χ1v) is 5.69. The minimum Gasteiger partial charge on any atom is -0.298 e. The summed E-state index contributed by atoms with van der Waals surface area (Å²) in [6, 6.07) is 15.3. The van der Waals surface area contributed by atoms with Crippen molar-refractivity contribution in [1.82, 2.24) is 0 Å². The van der Waals surface area contributed by atoms with Gasteiger partial charge in [0, 0.05) is 11.1 Å². The van der Waals surface area contributed by atoms with Crippen LogP contribution < -0.4 is 0 Å². The molecule has 0 aliphatic carbocycles. The van der Waals surface area contributed by atoms with Gasteiger partial charge in [-0.3, -0.25) is 9.59 Å². The topological polar surface area (TPSA) is 34.1 Å². The molecule has 0 aliphatic rings. The first-order valence-electron chi connectivity index (χ1n) is 5.69. The molecule has 0 bridgehead atoms. The second-order valence-corrected chi connectivity index (χ2v) is 4.23. The van der Waals surface area contributed by atoms with E-state index in [-0.39, 0.29) is 0 Å². The summed E-state index contributed by atoms with van der Waals surface area (Å²) < 4.78 is 0. The summed E-state index contributed by atoms with van der Waals surface area (Å²) in [7, 11) is 0. The summed E-state index contributed by atoms with van der Waals surface area (Å²) >= 11 is 0. The number of benzene rings is 3. The van der Waals surface area contributed by atoms with Gasteiger partial charge in [-0.25, -0.2) is 0 Å². The Morgan fingerprint density at radius 2 is 1.56 bits per heavy atom. The van der Waals surface area contributed by atoms with Gasteiger partial charge in [-0.2, -0.15) is 0 Å². The zero-order valence-corrected chi connectivity index (χ0v) is 9.59. The average Bonchev–Trinajstić information content (AvgIpc) is 2.45. The van der Waals surface area contributed by atoms with Crippen molar-refractivity contribution in [1.29, 1.82) is 0 Å². The smallest absolute Gasteiger partial charge is 0.150 e. The molecule has 0 aromatic heterocycles. The second kappa shape index (κ2) is 4.08. The van der Waals surface area contributed by atoms with Gasteiger partial charge in [0.15, 0.2) is 6.29 Å². The van der Waals surface area contributed by atoms with E-state index in [4.69, 9.17) is 0 Å². The Morgan fingerprint density at radius 1 is 0.722 bits per heavy atom. The van der Waals surface area contributed by atoms with Crippen LogP contribution in [0.2, 0.25) is 0 Å². The van der Waals surface area contributed by atoms with E-state index in [0.717, 1.165) is 34.1 Å². The van der Waals surface area contributed by atoms with Crippen molar-refractivity contribution in [3.63, 3.8) is 0 Å². The monoisotopic (exact) mass is 234 g/mol. The molecule has 0 heterocycles. The average molecular weight is 234 g/mol. The predicted octanol–water partition coefficient (Wildman–Crippen LogP) is 3.62. The number of carbonyl (C=O) groups is 2. The zero-order valence-electron chi connectivity index (χ0n) is 9.59. The van der Waals surface area contributed by atoms with Crippen LogP contribution in [0.4, 0.5) is 0 Å². The maximum atomic E-state index is 11.1. The van der Waals surface area contributed by atoms with Crippen LogP contribution in [0.1, 0.15) is 20.7 Å². The molecule has 3 aromatic rings. The molecule has 0 atom stereocenters. The Balaban J connectivity index is 2.56. The second-order valence-electron chi connectivity index (χ2n) is 4.23. The van der Waals surface area contributed by atoms with Crippen molar-refractivity contribution in [2.45, 2.75) is 0 Å². The number of rotatable bonds is 2. The number of fused-ring (bicyclic) bond motifs is 3. The van der Waals surface area contributed by atoms with Crippen molar-refractivity contribution >= 4 is 34.1 Å². The normalized spacial score (nSPS) is 10.7. The Kier molecular flexibility index (Phi) is 2.41. The van der Waals surface area contributed by atoms with Crippen molar-refractivity contribution in [2.75, 3.05) is 0 Å². The van der Waals surface area contributed by atoms with Crippen LogP contribution in [0.15, 0.2) is 48.5 Å². The lowest BCUT2D eigenvalue weighted by molar-refractivity contribution is 0.112. The predicted molar refractivity (Wildman–Crippen MR) is 72.2 cm³/mol. The third kappa shape index (κ3) is 1.51. The van der Waals surface area contributed by atoms with Gasteiger partial charge in [-0.1, -0.05) is 36.4 Å². The summed E-state index contributed by atoms with van der Waals surface area (Å²) in [6.45, 7) is 0. The maximum absolute atomic E-state index is 11.1. The summed E-state index contributed by atoms with van der Waals surface area (Å²) in [5, 5.41) is 3.99. The van der Waals surface area contributed by atoms with Crippen LogP contribution in [0, 0.1) is 0 Å². The van der Waals surface area contributed by atoms with Crippen LogP contribution in [-0.2, 0) is 0 Å². The zero-order chi connectivity index (χ0) is 12.5. The molecule has 0 unspecified atom stereocenters. The summed E-state index contributed by atoms with van der Waals surface area (Å²) in [5.74, 6) is 0. The van der Waals surface area contributed by atoms with E-state index < -0.39 is 0 Å². The highest BCUT2D eigenvalue weighted by Crippen LogP contribution is 2.28. The molecular formula is C16H10O2. The van der Waals surface area contributed by atoms with E-state index in [1.165, 1.54) is 0 Å². The van der Waals surface area contributed by atoms with Gasteiger partial charge < -0.3 is 0 Å². The third-order valence-electron chi connectivity index (χ3n) is 3.18. The van der Waals surface area contributed by atoms with Crippen LogP contribution in [-0.4, -0.2) is 12.6 Å². The van der Waals surface area contributed by atoms with E-state index in [2.05, 4.69) is 0 Å². The number of hydrogen-bond acceptors (Lipinski definition) is 2. The highest BCUT2D eigenvalue weighted by atomic mass is 16.1. The Hall–Kier alpha value is -2.48. The van der Waals surface area contributed by atoms with E-state index >= 15 is 0 Å². The molecule has 86 valence electrons. The molecule has 3 aromatic carbocycles. The van der Waals surface area contributed by atoms with Gasteiger partial charge in [0.05, 0.1) is 0 Å². The van der Waals surface area contributed by atoms with Crippen LogP contribution in [0.25, 0.3) is 21.5 Å². The third-order valence-corrected chi connectivity index (χ3v) is 3.18. The van der Waals surface area contributed by atoms with E-state index in [9.17, 15) is 9.59 Å². The van der Waals surface area contributed by atoms with Crippen molar-refractivity contribution in [3.8, 4) is 0 Å². The molecule has 0 fully saturated rings. The van der Waals surface area contributed by atoms with Gasteiger partial charge in [0.2, 0.25) is 0 Å². The van der Waals surface area contributed by atoms with Crippen LogP contribution >= 0.6 is 0 Å². The SMILES string of the molecule is O=Cc1cc(C=O)c2ccc3ccccc3c2c1. The lowest BCUT2D eigenvalue weighted by Crippen LogP contribution is -1.89. The van der Waals surface area contributed by atoms with Gasteiger partial charge in [0.1, 0.15) is 6.29 Å². The summed E-state index contributed by atoms with van der Waals surface area (Å²) in [5.41, 5.74) is 1.08. The highest BCUT2D eigenvalue weighted by Gasteiger charge is 2.06. The summed E-state index contributed by atoms with van der Waals surface area (Å²) in [6.07, 6.45) is 1.57. The molecule has 2 heteroatoms. The molecule has 0 radical (unpaired) electrons. The lowest BCUT2D eigenvalue weighted by atomic mass is 9.97. The van der Waals surface area contributed by atoms with Gasteiger partial charge >= 0.3 is 0 Å². The van der Waals surface area contributed by atoms with Crippen LogP contribution in [0.3, 0.4) is 0 Å². The molecule has 3 rings (SSSR count). The van der Waals surface area contributed by atoms with Crippen molar-refractivity contribution in [3.05, 3.63) is 59.7 Å². The molecule has 0 spiro atoms. The Morgan fingerprint density at radius 3 is 2.33 bits per heavy atom. The molecule has 2 nitrogen and oxygen atoms in total. The standard InChI is InChI=1S/C16H10O2/c17-9-11-7-13(10-18)15-6-5-12-3-1-2-4-14(12)16(15)8-11/h1-10H. The molecule has 0 amide bonds. The molecule has 18 heavy (non-hydrogen) atoms. The number of carbonyl (C=O) groups excluding carboxylic acids is 2. The van der Waals surface area contributed by atoms with Gasteiger partial charge in [-0.05, 0) is 33.7 Å². The molecule has 0 aliphatic heterocycles. The summed E-state index contributed by atoms with van der Waals surface area (Å²) in [4.78, 5) is 22.0. The highest BCUT2D eigenvalue weighted by molar-refractivity contribution is 6.13. The maximum Gasteiger partial charge on any atom is 0.150 e. The minimum atomic E-state index is 0.529. The van der Waals surface area contributed by atoms with Crippen molar-refractivity contribution in [2.24, 2.45) is 0 Å².